The van der Waals surface area contributed by atoms with Crippen LogP contribution in [0.3, 0.4) is 0 Å². The van der Waals surface area contributed by atoms with E-state index in [0.29, 0.717) is 5.84 Å². The number of fused-ring (bicyclic) bond motifs is 1. The Hall–Kier alpha value is -2.99. The van der Waals surface area contributed by atoms with Crippen molar-refractivity contribution in [3.8, 4) is 5.75 Å². The lowest BCUT2D eigenvalue weighted by molar-refractivity contribution is 0.415. The summed E-state index contributed by atoms with van der Waals surface area (Å²) >= 11 is 3.54. The van der Waals surface area contributed by atoms with Gasteiger partial charge in [0.1, 0.15) is 11.5 Å². The molecule has 6 heteroatoms. The molecule has 0 radical (unpaired) electrons. The number of aromatic nitrogens is 1. The van der Waals surface area contributed by atoms with E-state index < -0.39 is 0 Å². The molecule has 0 unspecified atom stereocenters. The summed E-state index contributed by atoms with van der Waals surface area (Å²) in [6.45, 7) is 0. The number of halogens is 1. The van der Waals surface area contributed by atoms with Gasteiger partial charge in [0.05, 0.1) is 12.8 Å². The monoisotopic (exact) mass is 406 g/mol. The first-order valence-corrected chi connectivity index (χ1v) is 8.81. The minimum absolute atomic E-state index is 0.676. The van der Waals surface area contributed by atoms with Crippen molar-refractivity contribution in [1.82, 2.24) is 10.4 Å². The van der Waals surface area contributed by atoms with E-state index in [1.165, 1.54) is 0 Å². The summed E-state index contributed by atoms with van der Waals surface area (Å²) in [5.74, 6) is 1.47. The smallest absolute Gasteiger partial charge is 0.154 e. The minimum atomic E-state index is 0.676. The average Bonchev–Trinajstić information content (AvgIpc) is 2.88. The Bertz CT molecular complexity index is 998. The summed E-state index contributed by atoms with van der Waals surface area (Å²) in [6, 6.07) is 17.5. The molecule has 4 rings (SSSR count). The van der Waals surface area contributed by atoms with Crippen molar-refractivity contribution in [2.45, 2.75) is 0 Å². The molecule has 128 valence electrons. The highest BCUT2D eigenvalue weighted by Crippen LogP contribution is 2.28. The first kappa shape index (κ1) is 16.5. The van der Waals surface area contributed by atoms with Crippen molar-refractivity contribution in [3.63, 3.8) is 0 Å². The Morgan fingerprint density at radius 1 is 1.00 bits per heavy atom. The lowest BCUT2D eigenvalue weighted by Crippen LogP contribution is -2.19. The highest BCUT2D eigenvalue weighted by Gasteiger charge is 2.17. The second-order valence-electron chi connectivity index (χ2n) is 5.66. The first-order valence-electron chi connectivity index (χ1n) is 8.02. The van der Waals surface area contributed by atoms with E-state index in [-0.39, 0.29) is 0 Å². The molecule has 26 heavy (non-hydrogen) atoms. The van der Waals surface area contributed by atoms with Gasteiger partial charge in [0, 0.05) is 33.6 Å². The van der Waals surface area contributed by atoms with Gasteiger partial charge in [-0.25, -0.2) is 4.99 Å². The molecular formula is C20H15BrN4O. The van der Waals surface area contributed by atoms with Crippen molar-refractivity contribution in [2.75, 3.05) is 7.11 Å². The van der Waals surface area contributed by atoms with Crippen LogP contribution < -0.4 is 10.2 Å². The summed E-state index contributed by atoms with van der Waals surface area (Å²) in [5, 5.41) is 4.62. The van der Waals surface area contributed by atoms with Gasteiger partial charge in [-0.15, -0.1) is 0 Å². The topological polar surface area (TPSA) is 58.9 Å². The molecule has 3 aromatic rings. The standard InChI is InChI=1S/C20H15BrN4O/c1-26-16-7-4-13(5-8-16)20-23-18-9-6-15(21)11-17(18)19(24-25-20)14-3-2-10-22-12-14/h2-12H,1H3,(H,23,25). The lowest BCUT2D eigenvalue weighted by Gasteiger charge is -2.07. The van der Waals surface area contributed by atoms with Crippen LogP contribution in [0.1, 0.15) is 16.7 Å². The zero-order chi connectivity index (χ0) is 17.9. The molecule has 2 aromatic carbocycles. The average molecular weight is 407 g/mol. The molecule has 5 nitrogen and oxygen atoms in total. The second kappa shape index (κ2) is 7.09. The molecule has 0 atom stereocenters. The first-order chi connectivity index (χ1) is 12.7. The fourth-order valence-electron chi connectivity index (χ4n) is 2.71. The van der Waals surface area contributed by atoms with Crippen LogP contribution in [-0.2, 0) is 0 Å². The van der Waals surface area contributed by atoms with Crippen LogP contribution in [0.2, 0.25) is 0 Å². The Labute approximate surface area is 159 Å². The number of nitrogens with zero attached hydrogens (tertiary/aromatic N) is 3. The number of hydrogen-bond donors (Lipinski definition) is 1. The predicted octanol–water partition coefficient (Wildman–Crippen LogP) is 4.29. The molecular weight excluding hydrogens is 392 g/mol. The maximum Gasteiger partial charge on any atom is 0.154 e. The fourth-order valence-corrected chi connectivity index (χ4v) is 3.07. The quantitative estimate of drug-likeness (QED) is 0.705. The number of hydrazone groups is 1. The Morgan fingerprint density at radius 3 is 2.58 bits per heavy atom. The number of amidine groups is 1. The molecule has 1 aliphatic heterocycles. The summed E-state index contributed by atoms with van der Waals surface area (Å²) < 4.78 is 6.19. The van der Waals surface area contributed by atoms with E-state index >= 15 is 0 Å². The van der Waals surface area contributed by atoms with E-state index in [9.17, 15) is 0 Å². The van der Waals surface area contributed by atoms with Crippen LogP contribution in [0, 0.1) is 0 Å². The Balaban J connectivity index is 1.83. The molecule has 0 fully saturated rings. The number of pyridine rings is 1. The van der Waals surface area contributed by atoms with Gasteiger partial charge in [-0.2, -0.15) is 5.10 Å². The van der Waals surface area contributed by atoms with Crippen LogP contribution in [-0.4, -0.2) is 23.6 Å². The van der Waals surface area contributed by atoms with Crippen LogP contribution in [0.5, 0.6) is 5.75 Å². The summed E-state index contributed by atoms with van der Waals surface area (Å²) in [4.78, 5) is 9.00. The SMILES string of the molecule is COc1ccc(C2=Nc3ccc(Br)cc3C(c3cccnc3)=NN2)cc1. The third kappa shape index (κ3) is 3.23. The number of ether oxygens (including phenoxy) is 1. The molecule has 0 aliphatic carbocycles. The fraction of sp³-hybridized carbons (Fsp3) is 0.0500. The third-order valence-electron chi connectivity index (χ3n) is 4.02. The molecule has 0 bridgehead atoms. The van der Waals surface area contributed by atoms with Crippen molar-refractivity contribution in [1.29, 1.82) is 0 Å². The number of benzene rings is 2. The molecule has 1 N–H and O–H groups in total. The van der Waals surface area contributed by atoms with E-state index in [2.05, 4.69) is 31.4 Å². The van der Waals surface area contributed by atoms with Crippen molar-refractivity contribution in [3.05, 3.63) is 88.2 Å². The van der Waals surface area contributed by atoms with Crippen molar-refractivity contribution in [2.24, 2.45) is 10.1 Å². The number of rotatable bonds is 3. The largest absolute Gasteiger partial charge is 0.497 e. The Morgan fingerprint density at radius 2 is 1.85 bits per heavy atom. The molecule has 0 spiro atoms. The zero-order valence-electron chi connectivity index (χ0n) is 14.0. The molecule has 2 heterocycles. The van der Waals surface area contributed by atoms with Gasteiger partial charge in [-0.05, 0) is 54.6 Å². The highest BCUT2D eigenvalue weighted by atomic mass is 79.9. The van der Waals surface area contributed by atoms with E-state index in [0.717, 1.165) is 38.3 Å². The van der Waals surface area contributed by atoms with Gasteiger partial charge < -0.3 is 4.74 Å². The zero-order valence-corrected chi connectivity index (χ0v) is 15.6. The number of hydrogen-bond acceptors (Lipinski definition) is 5. The molecule has 1 aromatic heterocycles. The maximum atomic E-state index is 5.23. The van der Waals surface area contributed by atoms with Crippen LogP contribution in [0.25, 0.3) is 0 Å². The van der Waals surface area contributed by atoms with E-state index in [1.54, 1.807) is 19.5 Å². The summed E-state index contributed by atoms with van der Waals surface area (Å²) in [6.07, 6.45) is 3.54. The van der Waals surface area contributed by atoms with Crippen LogP contribution in [0.4, 0.5) is 5.69 Å². The van der Waals surface area contributed by atoms with E-state index in [1.807, 2.05) is 54.6 Å². The number of aliphatic imine (C=N–C) groups is 1. The summed E-state index contributed by atoms with van der Waals surface area (Å²) in [5.41, 5.74) is 7.52. The van der Waals surface area contributed by atoms with Gasteiger partial charge in [0.15, 0.2) is 5.84 Å². The predicted molar refractivity (Wildman–Crippen MR) is 106 cm³/mol. The van der Waals surface area contributed by atoms with Gasteiger partial charge in [-0.1, -0.05) is 15.9 Å². The normalized spacial score (nSPS) is 13.0. The third-order valence-corrected chi connectivity index (χ3v) is 4.51. The van der Waals surface area contributed by atoms with Crippen LogP contribution >= 0.6 is 15.9 Å². The number of nitrogens with one attached hydrogen (secondary N) is 1. The van der Waals surface area contributed by atoms with Gasteiger partial charge in [-0.3, -0.25) is 10.4 Å². The second-order valence-corrected chi connectivity index (χ2v) is 6.58. The van der Waals surface area contributed by atoms with Gasteiger partial charge >= 0.3 is 0 Å². The number of methoxy groups -OCH3 is 1. The Kier molecular flexibility index (Phi) is 4.50. The lowest BCUT2D eigenvalue weighted by atomic mass is 10.0. The molecule has 0 saturated heterocycles. The molecule has 0 saturated carbocycles. The maximum absolute atomic E-state index is 5.23. The minimum Gasteiger partial charge on any atom is -0.497 e. The van der Waals surface area contributed by atoms with Gasteiger partial charge in [0.25, 0.3) is 0 Å². The highest BCUT2D eigenvalue weighted by molar-refractivity contribution is 9.10. The molecule has 1 aliphatic rings. The van der Waals surface area contributed by atoms with Gasteiger partial charge in [0.2, 0.25) is 0 Å². The summed E-state index contributed by atoms with van der Waals surface area (Å²) in [7, 11) is 1.65. The van der Waals surface area contributed by atoms with Crippen LogP contribution in [0.15, 0.2) is 81.6 Å². The molecule has 0 amide bonds. The van der Waals surface area contributed by atoms with Crippen molar-refractivity contribution < 1.29 is 4.74 Å². The van der Waals surface area contributed by atoms with Crippen molar-refractivity contribution >= 4 is 33.2 Å². The van der Waals surface area contributed by atoms with E-state index in [4.69, 9.17) is 9.73 Å².